The predicted molar refractivity (Wildman–Crippen MR) is 128 cm³/mol. The van der Waals surface area contributed by atoms with Crippen molar-refractivity contribution in [2.45, 2.75) is 13.3 Å². The van der Waals surface area contributed by atoms with E-state index in [1.807, 2.05) is 12.1 Å². The van der Waals surface area contributed by atoms with Crippen molar-refractivity contribution in [3.05, 3.63) is 70.6 Å². The number of alkyl halides is 3. The maximum absolute atomic E-state index is 14.4. The fourth-order valence-electron chi connectivity index (χ4n) is 3.80. The van der Waals surface area contributed by atoms with Gasteiger partial charge in [-0.2, -0.15) is 4.98 Å². The fourth-order valence-corrected chi connectivity index (χ4v) is 3.80. The Bertz CT molecular complexity index is 1290. The lowest BCUT2D eigenvalue weighted by Gasteiger charge is -2.43. The lowest BCUT2D eigenvalue weighted by Crippen LogP contribution is -2.42. The molecule has 11 heteroatoms. The predicted octanol–water partition coefficient (Wildman–Crippen LogP) is 5.10. The highest BCUT2D eigenvalue weighted by molar-refractivity contribution is 5.94. The zero-order chi connectivity index (χ0) is 25.2. The van der Waals surface area contributed by atoms with Crippen molar-refractivity contribution in [2.75, 3.05) is 25.9 Å². The minimum absolute atomic E-state index is 0.0818. The van der Waals surface area contributed by atoms with Gasteiger partial charge in [-0.3, -0.25) is 9.64 Å². The van der Waals surface area contributed by atoms with E-state index in [1.54, 1.807) is 44.5 Å². The highest BCUT2D eigenvalue weighted by Gasteiger charge is 2.36. The third-order valence-electron chi connectivity index (χ3n) is 5.32. The second-order valence-electron chi connectivity index (χ2n) is 7.70. The molecule has 35 heavy (non-hydrogen) atoms. The molecule has 182 valence electrons. The normalized spacial score (nSPS) is 17.7. The average Bonchev–Trinajstić information content (AvgIpc) is 2.80. The Labute approximate surface area is 199 Å². The van der Waals surface area contributed by atoms with Crippen molar-refractivity contribution in [1.29, 1.82) is 0 Å². The van der Waals surface area contributed by atoms with E-state index in [0.717, 1.165) is 17.8 Å². The molecule has 0 radical (unpaired) electrons. The molecule has 1 unspecified atom stereocenters. The molecule has 4 rings (SSSR count). The van der Waals surface area contributed by atoms with Gasteiger partial charge < -0.3 is 20.4 Å². The van der Waals surface area contributed by atoms with Gasteiger partial charge in [0, 0.05) is 48.3 Å². The monoisotopic (exact) mass is 485 g/mol. The average molecular weight is 485 g/mol. The number of rotatable bonds is 6. The van der Waals surface area contributed by atoms with Crippen molar-refractivity contribution in [2.24, 2.45) is 4.99 Å². The van der Waals surface area contributed by atoms with Crippen LogP contribution < -0.4 is 19.9 Å². The number of hydrogen-bond acceptors (Lipinski definition) is 7. The number of nitrogens with two attached hydrogens (primary N) is 1. The summed E-state index contributed by atoms with van der Waals surface area (Å²) in [5.74, 6) is -0.268. The summed E-state index contributed by atoms with van der Waals surface area (Å²) in [6, 6.07) is 11.0. The SMILES string of the molecule is CCOc1ccc2c(n1)[N+]([O-])(c1ccc(OC(F)(F)F)nc1)CC(c1ccc(N)c(C=NC)c1)=C2. The van der Waals surface area contributed by atoms with Gasteiger partial charge in [-0.25, -0.2) is 4.98 Å². The maximum Gasteiger partial charge on any atom is 0.574 e. The molecule has 3 aromatic rings. The third-order valence-corrected chi connectivity index (χ3v) is 5.32. The molecule has 8 nitrogen and oxygen atoms in total. The summed E-state index contributed by atoms with van der Waals surface area (Å²) in [5.41, 5.74) is 9.31. The molecule has 1 aliphatic heterocycles. The standard InChI is InChI=1S/C24H22F3N5O3/c1-3-34-22-8-5-16-11-18(15-4-7-20(28)17(10-15)12-29-2)14-32(33,23(16)31-22)19-6-9-21(30-13-19)35-24(25,26)27/h4-13H,3,14,28H2,1-2H3. The van der Waals surface area contributed by atoms with Gasteiger partial charge in [0.1, 0.15) is 6.54 Å². The molecule has 0 fully saturated rings. The lowest BCUT2D eigenvalue weighted by atomic mass is 9.96. The number of halogens is 3. The van der Waals surface area contributed by atoms with Gasteiger partial charge in [-0.15, -0.1) is 13.2 Å². The lowest BCUT2D eigenvalue weighted by molar-refractivity contribution is -0.276. The molecule has 1 aromatic carbocycles. The second-order valence-corrected chi connectivity index (χ2v) is 7.70. The smallest absolute Gasteiger partial charge is 0.574 e. The summed E-state index contributed by atoms with van der Waals surface area (Å²) in [4.78, 5) is 12.1. The van der Waals surface area contributed by atoms with Crippen LogP contribution in [0.3, 0.4) is 0 Å². The van der Waals surface area contributed by atoms with Crippen LogP contribution in [-0.2, 0) is 0 Å². The third kappa shape index (κ3) is 5.10. The van der Waals surface area contributed by atoms with Crippen LogP contribution in [-0.4, -0.2) is 42.7 Å². The number of aliphatic imine (C=N–C) groups is 1. The molecule has 0 saturated heterocycles. The summed E-state index contributed by atoms with van der Waals surface area (Å²) in [5, 5.41) is 14.4. The number of anilines is 1. The molecule has 0 spiro atoms. The minimum atomic E-state index is -4.89. The molecule has 2 aromatic heterocycles. The van der Waals surface area contributed by atoms with Gasteiger partial charge in [-0.05, 0) is 36.8 Å². The van der Waals surface area contributed by atoms with E-state index in [0.29, 0.717) is 29.0 Å². The van der Waals surface area contributed by atoms with Gasteiger partial charge in [0.05, 0.1) is 18.4 Å². The summed E-state index contributed by atoms with van der Waals surface area (Å²) >= 11 is 0. The van der Waals surface area contributed by atoms with Gasteiger partial charge in [0.15, 0.2) is 5.69 Å². The summed E-state index contributed by atoms with van der Waals surface area (Å²) in [7, 11) is 1.63. The first-order valence-electron chi connectivity index (χ1n) is 10.6. The van der Waals surface area contributed by atoms with Gasteiger partial charge in [0.25, 0.3) is 0 Å². The van der Waals surface area contributed by atoms with Gasteiger partial charge in [-0.1, -0.05) is 6.07 Å². The Kier molecular flexibility index (Phi) is 6.46. The minimum Gasteiger partial charge on any atom is -0.620 e. The van der Waals surface area contributed by atoms with E-state index >= 15 is 0 Å². The van der Waals surface area contributed by atoms with Crippen LogP contribution in [0, 0.1) is 5.21 Å². The Balaban J connectivity index is 1.82. The Hall–Kier alpha value is -3.96. The van der Waals surface area contributed by atoms with Crippen molar-refractivity contribution in [3.8, 4) is 11.8 Å². The topological polar surface area (TPSA) is 106 Å². The fraction of sp³-hybridized carbons (Fsp3) is 0.208. The van der Waals surface area contributed by atoms with Crippen molar-refractivity contribution in [3.63, 3.8) is 0 Å². The van der Waals surface area contributed by atoms with E-state index in [1.165, 1.54) is 6.07 Å². The Morgan fingerprint density at radius 2 is 1.94 bits per heavy atom. The molecular formula is C24H22F3N5O3. The summed E-state index contributed by atoms with van der Waals surface area (Å²) < 4.78 is 45.9. The first kappa shape index (κ1) is 24.2. The van der Waals surface area contributed by atoms with E-state index in [9.17, 15) is 18.4 Å². The van der Waals surface area contributed by atoms with E-state index < -0.39 is 16.9 Å². The van der Waals surface area contributed by atoms with Gasteiger partial charge >= 0.3 is 6.36 Å². The molecule has 0 aliphatic carbocycles. The molecule has 0 amide bonds. The van der Waals surface area contributed by atoms with Gasteiger partial charge in [0.2, 0.25) is 17.6 Å². The summed E-state index contributed by atoms with van der Waals surface area (Å²) in [6.07, 6.45) is -0.365. The van der Waals surface area contributed by atoms with Crippen molar-refractivity contribution in [1.82, 2.24) is 14.6 Å². The van der Waals surface area contributed by atoms with Crippen LogP contribution in [0.4, 0.5) is 30.4 Å². The second kappa shape index (κ2) is 9.35. The highest BCUT2D eigenvalue weighted by atomic mass is 19.4. The molecule has 3 heterocycles. The van der Waals surface area contributed by atoms with Crippen LogP contribution in [0.25, 0.3) is 11.6 Å². The zero-order valence-electron chi connectivity index (χ0n) is 18.9. The van der Waals surface area contributed by atoms with Crippen LogP contribution >= 0.6 is 0 Å². The molecule has 0 bridgehead atoms. The molecule has 1 aliphatic rings. The number of benzene rings is 1. The van der Waals surface area contributed by atoms with E-state index in [2.05, 4.69) is 19.7 Å². The molecular weight excluding hydrogens is 463 g/mol. The number of hydrogen-bond donors (Lipinski definition) is 1. The first-order valence-corrected chi connectivity index (χ1v) is 10.6. The van der Waals surface area contributed by atoms with Crippen LogP contribution in [0.15, 0.2) is 53.7 Å². The largest absolute Gasteiger partial charge is 0.620 e. The maximum atomic E-state index is 14.4. The molecule has 1 atom stereocenters. The number of pyridine rings is 2. The Morgan fingerprint density at radius 1 is 1.17 bits per heavy atom. The molecule has 0 saturated carbocycles. The number of nitrogens with zero attached hydrogens (tertiary/aromatic N) is 4. The van der Waals surface area contributed by atoms with E-state index in [4.69, 9.17) is 10.5 Å². The quantitative estimate of drug-likeness (QED) is 0.226. The van der Waals surface area contributed by atoms with E-state index in [-0.39, 0.29) is 23.9 Å². The zero-order valence-corrected chi connectivity index (χ0v) is 18.9. The Morgan fingerprint density at radius 3 is 2.60 bits per heavy atom. The number of nitrogen functional groups attached to an aromatic ring is 1. The number of fused-ring (bicyclic) bond motifs is 1. The first-order chi connectivity index (χ1) is 16.6. The number of aromatic nitrogens is 2. The van der Waals surface area contributed by atoms with Crippen LogP contribution in [0.2, 0.25) is 0 Å². The van der Waals surface area contributed by atoms with Crippen molar-refractivity contribution >= 4 is 35.1 Å². The number of quaternary nitrogens is 1. The number of hydroxylamine groups is 1. The van der Waals surface area contributed by atoms with Crippen LogP contribution in [0.1, 0.15) is 23.6 Å². The molecule has 2 N–H and O–H groups in total. The van der Waals surface area contributed by atoms with Crippen LogP contribution in [0.5, 0.6) is 11.8 Å². The van der Waals surface area contributed by atoms with Crippen molar-refractivity contribution < 1.29 is 22.6 Å². The summed E-state index contributed by atoms with van der Waals surface area (Å²) in [6.45, 7) is 2.05. The number of ether oxygens (including phenoxy) is 2. The highest BCUT2D eigenvalue weighted by Crippen LogP contribution is 2.43.